The van der Waals surface area contributed by atoms with Gasteiger partial charge in [-0.2, -0.15) is 0 Å². The van der Waals surface area contributed by atoms with Crippen molar-refractivity contribution in [1.82, 2.24) is 9.97 Å². The predicted octanol–water partition coefficient (Wildman–Crippen LogP) is 4.04. The standard InChI is InChI=1S/C13H15Cl2N3OS/c1-2-19-8-13-17-10(14)7-12(18-13)16-6-5-9-3-4-11(15)20-9/h3-4,7H,2,5-6,8H2,1H3,(H,16,17,18). The molecule has 0 aromatic carbocycles. The van der Waals surface area contributed by atoms with Crippen LogP contribution in [0.4, 0.5) is 5.82 Å². The zero-order valence-corrected chi connectivity index (χ0v) is 13.4. The summed E-state index contributed by atoms with van der Waals surface area (Å²) in [5, 5.41) is 3.65. The summed E-state index contributed by atoms with van der Waals surface area (Å²) in [5.74, 6) is 1.29. The van der Waals surface area contributed by atoms with Gasteiger partial charge in [0.25, 0.3) is 0 Å². The molecule has 0 saturated heterocycles. The molecular weight excluding hydrogens is 317 g/mol. The van der Waals surface area contributed by atoms with Crippen LogP contribution in [0.1, 0.15) is 17.6 Å². The largest absolute Gasteiger partial charge is 0.374 e. The molecule has 0 aliphatic heterocycles. The van der Waals surface area contributed by atoms with E-state index in [0.29, 0.717) is 30.0 Å². The molecule has 2 heterocycles. The first-order valence-corrected chi connectivity index (χ1v) is 7.84. The lowest BCUT2D eigenvalue weighted by Gasteiger charge is -2.07. The molecule has 2 aromatic rings. The molecule has 0 aliphatic carbocycles. The number of thiophene rings is 1. The van der Waals surface area contributed by atoms with Gasteiger partial charge in [-0.1, -0.05) is 23.2 Å². The molecule has 0 saturated carbocycles. The maximum Gasteiger partial charge on any atom is 0.158 e. The van der Waals surface area contributed by atoms with E-state index in [-0.39, 0.29) is 0 Å². The van der Waals surface area contributed by atoms with Crippen LogP contribution >= 0.6 is 34.5 Å². The number of ether oxygens (including phenoxy) is 1. The third-order valence-electron chi connectivity index (χ3n) is 2.48. The number of halogens is 2. The van der Waals surface area contributed by atoms with E-state index in [1.807, 2.05) is 19.1 Å². The van der Waals surface area contributed by atoms with Crippen molar-refractivity contribution in [3.63, 3.8) is 0 Å². The number of nitrogens with zero attached hydrogens (tertiary/aromatic N) is 2. The molecule has 0 fully saturated rings. The van der Waals surface area contributed by atoms with Crippen LogP contribution in [0.15, 0.2) is 18.2 Å². The van der Waals surface area contributed by atoms with E-state index < -0.39 is 0 Å². The highest BCUT2D eigenvalue weighted by Gasteiger charge is 2.04. The molecule has 2 rings (SSSR count). The molecule has 0 unspecified atom stereocenters. The fourth-order valence-electron chi connectivity index (χ4n) is 1.61. The molecule has 0 spiro atoms. The Bertz CT molecular complexity index is 562. The first kappa shape index (κ1) is 15.5. The second kappa shape index (κ2) is 7.78. The number of aromatic nitrogens is 2. The van der Waals surface area contributed by atoms with Crippen molar-refractivity contribution in [1.29, 1.82) is 0 Å². The second-order valence-electron chi connectivity index (χ2n) is 4.01. The zero-order chi connectivity index (χ0) is 14.4. The van der Waals surface area contributed by atoms with E-state index in [4.69, 9.17) is 27.9 Å². The number of rotatable bonds is 7. The minimum Gasteiger partial charge on any atom is -0.374 e. The van der Waals surface area contributed by atoms with Gasteiger partial charge in [0.15, 0.2) is 5.82 Å². The van der Waals surface area contributed by atoms with E-state index in [1.165, 1.54) is 4.88 Å². The average molecular weight is 332 g/mol. The molecule has 0 bridgehead atoms. The summed E-state index contributed by atoms with van der Waals surface area (Å²) in [6.07, 6.45) is 0.889. The third-order valence-corrected chi connectivity index (χ3v) is 3.97. The van der Waals surface area contributed by atoms with Gasteiger partial charge in [-0.05, 0) is 25.5 Å². The summed E-state index contributed by atoms with van der Waals surface area (Å²) in [6.45, 7) is 3.68. The number of nitrogens with one attached hydrogen (secondary N) is 1. The summed E-state index contributed by atoms with van der Waals surface area (Å²) < 4.78 is 6.09. The van der Waals surface area contributed by atoms with Crippen molar-refractivity contribution in [3.05, 3.63) is 38.4 Å². The summed E-state index contributed by atoms with van der Waals surface area (Å²) in [6, 6.07) is 5.64. The van der Waals surface area contributed by atoms with Crippen LogP contribution in [-0.4, -0.2) is 23.1 Å². The average Bonchev–Trinajstić information content (AvgIpc) is 2.81. The molecular formula is C13H15Cl2N3OS. The highest BCUT2D eigenvalue weighted by molar-refractivity contribution is 7.16. The van der Waals surface area contributed by atoms with Crippen LogP contribution < -0.4 is 5.32 Å². The van der Waals surface area contributed by atoms with Crippen molar-refractivity contribution in [2.75, 3.05) is 18.5 Å². The van der Waals surface area contributed by atoms with Crippen LogP contribution in [0.5, 0.6) is 0 Å². The highest BCUT2D eigenvalue weighted by atomic mass is 35.5. The van der Waals surface area contributed by atoms with E-state index in [1.54, 1.807) is 17.4 Å². The summed E-state index contributed by atoms with van der Waals surface area (Å²) in [7, 11) is 0. The van der Waals surface area contributed by atoms with Crippen molar-refractivity contribution in [2.24, 2.45) is 0 Å². The molecule has 0 atom stereocenters. The predicted molar refractivity (Wildman–Crippen MR) is 83.9 cm³/mol. The zero-order valence-electron chi connectivity index (χ0n) is 11.0. The lowest BCUT2D eigenvalue weighted by molar-refractivity contribution is 0.128. The van der Waals surface area contributed by atoms with Gasteiger partial charge in [0.1, 0.15) is 17.6 Å². The lowest BCUT2D eigenvalue weighted by Crippen LogP contribution is -2.08. The second-order valence-corrected chi connectivity index (χ2v) is 6.20. The molecule has 20 heavy (non-hydrogen) atoms. The van der Waals surface area contributed by atoms with E-state index in [2.05, 4.69) is 15.3 Å². The summed E-state index contributed by atoms with van der Waals surface area (Å²) in [4.78, 5) is 9.70. The van der Waals surface area contributed by atoms with Gasteiger partial charge in [-0.3, -0.25) is 0 Å². The van der Waals surface area contributed by atoms with Gasteiger partial charge in [0.2, 0.25) is 0 Å². The molecule has 2 aromatic heterocycles. The smallest absolute Gasteiger partial charge is 0.158 e. The summed E-state index contributed by atoms with van der Waals surface area (Å²) >= 11 is 13.4. The van der Waals surface area contributed by atoms with Crippen molar-refractivity contribution < 1.29 is 4.74 Å². The Labute approximate surface area is 132 Å². The van der Waals surface area contributed by atoms with Crippen molar-refractivity contribution in [2.45, 2.75) is 20.0 Å². The highest BCUT2D eigenvalue weighted by Crippen LogP contribution is 2.21. The van der Waals surface area contributed by atoms with E-state index >= 15 is 0 Å². The quantitative estimate of drug-likeness (QED) is 0.778. The lowest BCUT2D eigenvalue weighted by atomic mass is 10.3. The van der Waals surface area contributed by atoms with Gasteiger partial charge in [0.05, 0.1) is 4.34 Å². The fourth-order valence-corrected chi connectivity index (χ4v) is 2.90. The van der Waals surface area contributed by atoms with Gasteiger partial charge in [-0.15, -0.1) is 11.3 Å². The maximum atomic E-state index is 5.97. The van der Waals surface area contributed by atoms with Crippen LogP contribution in [0.2, 0.25) is 9.49 Å². The van der Waals surface area contributed by atoms with Crippen LogP contribution in [0.3, 0.4) is 0 Å². The van der Waals surface area contributed by atoms with Crippen molar-refractivity contribution in [3.8, 4) is 0 Å². The molecule has 108 valence electrons. The van der Waals surface area contributed by atoms with Crippen molar-refractivity contribution >= 4 is 40.4 Å². The van der Waals surface area contributed by atoms with Crippen LogP contribution in [-0.2, 0) is 17.8 Å². The normalized spacial score (nSPS) is 10.8. The molecule has 0 radical (unpaired) electrons. The fraction of sp³-hybridized carbons (Fsp3) is 0.385. The molecule has 7 heteroatoms. The molecule has 4 nitrogen and oxygen atoms in total. The minimum absolute atomic E-state index is 0.367. The van der Waals surface area contributed by atoms with Gasteiger partial charge in [0, 0.05) is 24.1 Å². The Morgan fingerprint density at radius 3 is 2.85 bits per heavy atom. The number of anilines is 1. The van der Waals surface area contributed by atoms with Crippen LogP contribution in [0.25, 0.3) is 0 Å². The topological polar surface area (TPSA) is 47.0 Å². The van der Waals surface area contributed by atoms with Gasteiger partial charge in [-0.25, -0.2) is 9.97 Å². The first-order chi connectivity index (χ1) is 9.67. The van der Waals surface area contributed by atoms with Crippen LogP contribution in [0, 0.1) is 0 Å². The SMILES string of the molecule is CCOCc1nc(Cl)cc(NCCc2ccc(Cl)s2)n1. The molecule has 1 N–H and O–H groups in total. The van der Waals surface area contributed by atoms with Gasteiger partial charge < -0.3 is 10.1 Å². The number of hydrogen-bond acceptors (Lipinski definition) is 5. The van der Waals surface area contributed by atoms with E-state index in [0.717, 1.165) is 17.3 Å². The summed E-state index contributed by atoms with van der Waals surface area (Å²) in [5.41, 5.74) is 0. The third kappa shape index (κ3) is 4.90. The molecule has 0 aliphatic rings. The first-order valence-electron chi connectivity index (χ1n) is 6.26. The Balaban J connectivity index is 1.89. The Morgan fingerprint density at radius 2 is 2.15 bits per heavy atom. The van der Waals surface area contributed by atoms with Gasteiger partial charge >= 0.3 is 0 Å². The minimum atomic E-state index is 0.367. The maximum absolute atomic E-state index is 5.97. The number of hydrogen-bond donors (Lipinski definition) is 1. The Kier molecular flexibility index (Phi) is 6.04. The Hall–Kier alpha value is -0.880. The molecule has 0 amide bonds. The van der Waals surface area contributed by atoms with E-state index in [9.17, 15) is 0 Å². The monoisotopic (exact) mass is 331 g/mol. The Morgan fingerprint density at radius 1 is 1.30 bits per heavy atom.